The van der Waals surface area contributed by atoms with Crippen molar-refractivity contribution >= 4 is 34.2 Å². The van der Waals surface area contributed by atoms with Gasteiger partial charge in [-0.3, -0.25) is 4.79 Å². The van der Waals surface area contributed by atoms with Gasteiger partial charge in [0.2, 0.25) is 5.91 Å². The number of nitrogens with one attached hydrogen (secondary N) is 2. The third-order valence-corrected chi connectivity index (χ3v) is 3.65. The molecule has 0 radical (unpaired) electrons. The Balaban J connectivity index is 0.00000200. The van der Waals surface area contributed by atoms with Crippen LogP contribution in [0.2, 0.25) is 0 Å². The zero-order valence-electron chi connectivity index (χ0n) is 11.4. The van der Waals surface area contributed by atoms with Crippen LogP contribution in [0.4, 0.5) is 0 Å². The van der Waals surface area contributed by atoms with Crippen LogP contribution in [0, 0.1) is 0 Å². The lowest BCUT2D eigenvalue weighted by atomic mass is 10.1. The maximum Gasteiger partial charge on any atom is 0.222 e. The van der Waals surface area contributed by atoms with E-state index in [2.05, 4.69) is 26.6 Å². The Morgan fingerprint density at radius 2 is 2.40 bits per heavy atom. The Kier molecular flexibility index (Phi) is 7.51. The zero-order valence-corrected chi connectivity index (χ0v) is 13.8. The fourth-order valence-corrected chi connectivity index (χ4v) is 2.55. The van der Waals surface area contributed by atoms with Crippen LogP contribution in [0.1, 0.15) is 24.9 Å². The average Bonchev–Trinajstić information content (AvgIpc) is 2.39. The molecule has 0 saturated carbocycles. The number of amides is 1. The molecule has 2 atom stereocenters. The Hall–Kier alpha value is -0.620. The van der Waals surface area contributed by atoms with Crippen molar-refractivity contribution < 1.29 is 9.53 Å². The Morgan fingerprint density at radius 1 is 1.60 bits per heavy atom. The van der Waals surface area contributed by atoms with Crippen LogP contribution in [0.25, 0.3) is 0 Å². The number of ether oxygens (including phenoxy) is 1. The first-order chi connectivity index (χ1) is 9.15. The summed E-state index contributed by atoms with van der Waals surface area (Å²) in [7, 11) is 0. The molecular weight excluding hydrogens is 344 g/mol. The summed E-state index contributed by atoms with van der Waals surface area (Å²) in [5.41, 5.74) is 1.09. The molecule has 4 nitrogen and oxygen atoms in total. The minimum Gasteiger partial charge on any atom is -0.378 e. The van der Waals surface area contributed by atoms with Crippen molar-refractivity contribution in [2.45, 2.75) is 25.4 Å². The fourth-order valence-electron chi connectivity index (χ4n) is 2.13. The maximum absolute atomic E-state index is 12.0. The summed E-state index contributed by atoms with van der Waals surface area (Å²) in [6.45, 7) is 4.15. The minimum atomic E-state index is 0. The molecule has 0 aromatic heterocycles. The highest BCUT2D eigenvalue weighted by Gasteiger charge is 2.18. The maximum atomic E-state index is 12.0. The van der Waals surface area contributed by atoms with Crippen LogP contribution >= 0.6 is 28.3 Å². The molecule has 2 N–H and O–H groups in total. The summed E-state index contributed by atoms with van der Waals surface area (Å²) in [6, 6.07) is 8.11. The van der Waals surface area contributed by atoms with Crippen molar-refractivity contribution in [3.63, 3.8) is 0 Å². The van der Waals surface area contributed by atoms with Gasteiger partial charge >= 0.3 is 0 Å². The SMILES string of the molecule is CC(NC(=O)CC1COCCN1)c1cccc(Br)c1.Cl. The van der Waals surface area contributed by atoms with Gasteiger partial charge in [-0.1, -0.05) is 28.1 Å². The van der Waals surface area contributed by atoms with E-state index in [9.17, 15) is 4.79 Å². The first-order valence-corrected chi connectivity index (χ1v) is 7.30. The third kappa shape index (κ3) is 5.40. The minimum absolute atomic E-state index is 0. The van der Waals surface area contributed by atoms with Crippen molar-refractivity contribution in [1.29, 1.82) is 0 Å². The number of carbonyl (C=O) groups excluding carboxylic acids is 1. The molecule has 2 rings (SSSR count). The second-order valence-electron chi connectivity index (χ2n) is 4.77. The molecule has 1 saturated heterocycles. The molecule has 112 valence electrons. The van der Waals surface area contributed by atoms with Crippen LogP contribution in [0.5, 0.6) is 0 Å². The zero-order chi connectivity index (χ0) is 13.7. The quantitative estimate of drug-likeness (QED) is 0.864. The number of hydrogen-bond donors (Lipinski definition) is 2. The second-order valence-corrected chi connectivity index (χ2v) is 5.69. The van der Waals surface area contributed by atoms with E-state index in [0.717, 1.165) is 23.2 Å². The van der Waals surface area contributed by atoms with Gasteiger partial charge in [-0.15, -0.1) is 12.4 Å². The predicted molar refractivity (Wildman–Crippen MR) is 85.2 cm³/mol. The summed E-state index contributed by atoms with van der Waals surface area (Å²) >= 11 is 3.44. The molecule has 1 aromatic carbocycles. The molecule has 0 spiro atoms. The number of carbonyl (C=O) groups is 1. The van der Waals surface area contributed by atoms with E-state index in [1.807, 2.05) is 31.2 Å². The van der Waals surface area contributed by atoms with E-state index in [4.69, 9.17) is 4.74 Å². The molecule has 1 amide bonds. The largest absolute Gasteiger partial charge is 0.378 e. The standard InChI is InChI=1S/C14H19BrN2O2.ClH/c1-10(11-3-2-4-12(15)7-11)17-14(18)8-13-9-19-6-5-16-13;/h2-4,7,10,13,16H,5-6,8-9H2,1H3,(H,17,18);1H. The Morgan fingerprint density at radius 3 is 3.05 bits per heavy atom. The summed E-state index contributed by atoms with van der Waals surface area (Å²) in [5.74, 6) is 0.0514. The highest BCUT2D eigenvalue weighted by molar-refractivity contribution is 9.10. The van der Waals surface area contributed by atoms with Crippen LogP contribution in [-0.4, -0.2) is 31.7 Å². The Labute approximate surface area is 134 Å². The molecule has 6 heteroatoms. The van der Waals surface area contributed by atoms with Crippen LogP contribution in [0.15, 0.2) is 28.7 Å². The summed E-state index contributed by atoms with van der Waals surface area (Å²) in [4.78, 5) is 12.0. The van der Waals surface area contributed by atoms with Gasteiger partial charge in [0, 0.05) is 23.5 Å². The van der Waals surface area contributed by atoms with Gasteiger partial charge in [0.1, 0.15) is 0 Å². The lowest BCUT2D eigenvalue weighted by Crippen LogP contribution is -2.44. The highest BCUT2D eigenvalue weighted by Crippen LogP contribution is 2.18. The molecular formula is C14H20BrClN2O2. The molecule has 1 aliphatic rings. The molecule has 1 aromatic rings. The van der Waals surface area contributed by atoms with Gasteiger partial charge in [-0.2, -0.15) is 0 Å². The van der Waals surface area contributed by atoms with Gasteiger partial charge in [0.15, 0.2) is 0 Å². The second kappa shape index (κ2) is 8.62. The summed E-state index contributed by atoms with van der Waals surface area (Å²) in [5, 5.41) is 6.29. The van der Waals surface area contributed by atoms with Crippen molar-refractivity contribution in [2.75, 3.05) is 19.8 Å². The molecule has 2 unspecified atom stereocenters. The lowest BCUT2D eigenvalue weighted by molar-refractivity contribution is -0.122. The average molecular weight is 364 g/mol. The van der Waals surface area contributed by atoms with Gasteiger partial charge in [-0.05, 0) is 24.6 Å². The molecule has 20 heavy (non-hydrogen) atoms. The highest BCUT2D eigenvalue weighted by atomic mass is 79.9. The van der Waals surface area contributed by atoms with E-state index in [1.54, 1.807) is 0 Å². The first kappa shape index (κ1) is 17.4. The molecule has 1 aliphatic heterocycles. The normalized spacial score (nSPS) is 19.8. The molecule has 0 bridgehead atoms. The number of hydrogen-bond acceptors (Lipinski definition) is 3. The van der Waals surface area contributed by atoms with Crippen molar-refractivity contribution in [1.82, 2.24) is 10.6 Å². The van der Waals surface area contributed by atoms with Gasteiger partial charge in [-0.25, -0.2) is 0 Å². The topological polar surface area (TPSA) is 50.4 Å². The number of rotatable bonds is 4. The van der Waals surface area contributed by atoms with Gasteiger partial charge in [0.05, 0.1) is 19.3 Å². The van der Waals surface area contributed by atoms with Crippen LogP contribution < -0.4 is 10.6 Å². The monoisotopic (exact) mass is 362 g/mol. The van der Waals surface area contributed by atoms with Crippen molar-refractivity contribution in [3.8, 4) is 0 Å². The third-order valence-electron chi connectivity index (χ3n) is 3.16. The van der Waals surface area contributed by atoms with E-state index in [0.29, 0.717) is 13.0 Å². The number of benzene rings is 1. The van der Waals surface area contributed by atoms with Gasteiger partial charge in [0.25, 0.3) is 0 Å². The molecule has 1 fully saturated rings. The number of halogens is 2. The van der Waals surface area contributed by atoms with Crippen LogP contribution in [0.3, 0.4) is 0 Å². The van der Waals surface area contributed by atoms with E-state index in [-0.39, 0.29) is 30.4 Å². The van der Waals surface area contributed by atoms with Gasteiger partial charge < -0.3 is 15.4 Å². The molecule has 1 heterocycles. The van der Waals surface area contributed by atoms with Crippen molar-refractivity contribution in [2.24, 2.45) is 0 Å². The van der Waals surface area contributed by atoms with E-state index >= 15 is 0 Å². The smallest absolute Gasteiger partial charge is 0.222 e. The summed E-state index contributed by atoms with van der Waals surface area (Å²) in [6.07, 6.45) is 0.457. The lowest BCUT2D eigenvalue weighted by Gasteiger charge is -2.24. The predicted octanol–water partition coefficient (Wildman–Crippen LogP) is 2.43. The van der Waals surface area contributed by atoms with E-state index in [1.165, 1.54) is 0 Å². The fraction of sp³-hybridized carbons (Fsp3) is 0.500. The van der Waals surface area contributed by atoms with Crippen molar-refractivity contribution in [3.05, 3.63) is 34.3 Å². The first-order valence-electron chi connectivity index (χ1n) is 6.51. The Bertz CT molecular complexity index is 439. The number of morpholine rings is 1. The van der Waals surface area contributed by atoms with E-state index < -0.39 is 0 Å². The van der Waals surface area contributed by atoms with Crippen LogP contribution in [-0.2, 0) is 9.53 Å². The molecule has 0 aliphatic carbocycles. The summed E-state index contributed by atoms with van der Waals surface area (Å²) < 4.78 is 6.36.